The first-order valence-electron chi connectivity index (χ1n) is 5.31. The van der Waals surface area contributed by atoms with Crippen molar-refractivity contribution < 1.29 is 9.18 Å². The number of hydrogen-bond acceptors (Lipinski definition) is 4. The van der Waals surface area contributed by atoms with Gasteiger partial charge in [-0.25, -0.2) is 9.18 Å². The molecule has 2 rings (SSSR count). The Morgan fingerprint density at radius 2 is 2.17 bits per heavy atom. The molecule has 7 heteroatoms. The highest BCUT2D eigenvalue weighted by atomic mass is 32.1. The standard InChI is InChI=1S/C11H11FN4OS/c1-2-16(11-15-13-7-18-11)10(17)14-9-5-3-8(12)4-6-9/h3-7H,2H2,1H3,(H,14,17). The molecule has 0 saturated heterocycles. The molecule has 18 heavy (non-hydrogen) atoms. The molecule has 94 valence electrons. The number of rotatable bonds is 3. The van der Waals surface area contributed by atoms with Gasteiger partial charge in [-0.15, -0.1) is 10.2 Å². The molecular weight excluding hydrogens is 255 g/mol. The predicted octanol–water partition coefficient (Wildman–Crippen LogP) is 2.74. The number of carbonyl (C=O) groups excluding carboxylic acids is 1. The second-order valence-corrected chi connectivity index (χ2v) is 4.21. The Bertz CT molecular complexity index is 514. The van der Waals surface area contributed by atoms with Crippen LogP contribution in [0.5, 0.6) is 0 Å². The number of hydrogen-bond donors (Lipinski definition) is 1. The Hall–Kier alpha value is -2.02. The lowest BCUT2D eigenvalue weighted by Crippen LogP contribution is -2.34. The molecule has 0 aliphatic carbocycles. The van der Waals surface area contributed by atoms with E-state index < -0.39 is 0 Å². The first-order chi connectivity index (χ1) is 8.70. The van der Waals surface area contributed by atoms with Crippen molar-refractivity contribution in [1.29, 1.82) is 0 Å². The Labute approximate surface area is 107 Å². The summed E-state index contributed by atoms with van der Waals surface area (Å²) >= 11 is 1.28. The minimum absolute atomic E-state index is 0.319. The second-order valence-electron chi connectivity index (χ2n) is 3.40. The van der Waals surface area contributed by atoms with E-state index in [0.29, 0.717) is 17.4 Å². The molecular formula is C11H11FN4OS. The fourth-order valence-corrected chi connectivity index (χ4v) is 2.00. The van der Waals surface area contributed by atoms with E-state index in [1.165, 1.54) is 40.5 Å². The van der Waals surface area contributed by atoms with Crippen LogP contribution in [0, 0.1) is 5.82 Å². The van der Waals surface area contributed by atoms with Crippen molar-refractivity contribution >= 4 is 28.2 Å². The number of nitrogens with zero attached hydrogens (tertiary/aromatic N) is 3. The van der Waals surface area contributed by atoms with E-state index in [9.17, 15) is 9.18 Å². The van der Waals surface area contributed by atoms with Gasteiger partial charge in [0.25, 0.3) is 0 Å². The van der Waals surface area contributed by atoms with Crippen molar-refractivity contribution in [3.8, 4) is 0 Å². The summed E-state index contributed by atoms with van der Waals surface area (Å²) in [5, 5.41) is 10.7. The van der Waals surface area contributed by atoms with E-state index in [4.69, 9.17) is 0 Å². The number of nitrogens with one attached hydrogen (secondary N) is 1. The minimum Gasteiger partial charge on any atom is -0.307 e. The highest BCUT2D eigenvalue weighted by Gasteiger charge is 2.16. The summed E-state index contributed by atoms with van der Waals surface area (Å²) in [6.45, 7) is 2.31. The average molecular weight is 266 g/mol. The fourth-order valence-electron chi connectivity index (χ4n) is 1.37. The molecule has 1 heterocycles. The lowest BCUT2D eigenvalue weighted by Gasteiger charge is -2.17. The summed E-state index contributed by atoms with van der Waals surface area (Å²) in [7, 11) is 0. The number of carbonyl (C=O) groups is 1. The van der Waals surface area contributed by atoms with Crippen molar-refractivity contribution in [3.05, 3.63) is 35.6 Å². The van der Waals surface area contributed by atoms with Crippen molar-refractivity contribution in [2.75, 3.05) is 16.8 Å². The fraction of sp³-hybridized carbons (Fsp3) is 0.182. The Balaban J connectivity index is 2.09. The first-order valence-corrected chi connectivity index (χ1v) is 6.19. The molecule has 1 aromatic carbocycles. The summed E-state index contributed by atoms with van der Waals surface area (Å²) in [6.07, 6.45) is 0. The third-order valence-electron chi connectivity index (χ3n) is 2.24. The molecule has 0 aliphatic rings. The average Bonchev–Trinajstić information content (AvgIpc) is 2.87. The molecule has 0 aliphatic heterocycles. The van der Waals surface area contributed by atoms with Crippen LogP contribution < -0.4 is 10.2 Å². The zero-order valence-corrected chi connectivity index (χ0v) is 10.4. The molecule has 2 amide bonds. The van der Waals surface area contributed by atoms with Crippen molar-refractivity contribution in [1.82, 2.24) is 10.2 Å². The van der Waals surface area contributed by atoms with Gasteiger partial charge in [0.15, 0.2) is 0 Å². The van der Waals surface area contributed by atoms with Crippen LogP contribution in [0.25, 0.3) is 0 Å². The number of benzene rings is 1. The summed E-state index contributed by atoms with van der Waals surface area (Å²) in [5.74, 6) is -0.343. The zero-order valence-electron chi connectivity index (χ0n) is 9.63. The number of aromatic nitrogens is 2. The van der Waals surface area contributed by atoms with Crippen molar-refractivity contribution in [2.45, 2.75) is 6.92 Å². The van der Waals surface area contributed by atoms with Crippen LogP contribution in [-0.4, -0.2) is 22.8 Å². The van der Waals surface area contributed by atoms with E-state index in [1.54, 1.807) is 5.51 Å². The Morgan fingerprint density at radius 1 is 1.44 bits per heavy atom. The monoisotopic (exact) mass is 266 g/mol. The summed E-state index contributed by atoms with van der Waals surface area (Å²) in [6, 6.07) is 5.26. The van der Waals surface area contributed by atoms with E-state index in [2.05, 4.69) is 15.5 Å². The highest BCUT2D eigenvalue weighted by Crippen LogP contribution is 2.17. The maximum atomic E-state index is 12.7. The first kappa shape index (κ1) is 12.4. The van der Waals surface area contributed by atoms with Crippen LogP contribution in [0.1, 0.15) is 6.92 Å². The van der Waals surface area contributed by atoms with Gasteiger partial charge < -0.3 is 5.32 Å². The van der Waals surface area contributed by atoms with Gasteiger partial charge in [0.1, 0.15) is 11.3 Å². The van der Waals surface area contributed by atoms with Crippen LogP contribution in [0.3, 0.4) is 0 Å². The third kappa shape index (κ3) is 2.80. The molecule has 0 spiro atoms. The van der Waals surface area contributed by atoms with Crippen LogP contribution in [0.2, 0.25) is 0 Å². The largest absolute Gasteiger partial charge is 0.328 e. The molecule has 2 aromatic rings. The van der Waals surface area contributed by atoms with Gasteiger partial charge in [-0.05, 0) is 31.2 Å². The van der Waals surface area contributed by atoms with Gasteiger partial charge in [-0.3, -0.25) is 4.90 Å². The molecule has 1 N–H and O–H groups in total. The van der Waals surface area contributed by atoms with Gasteiger partial charge >= 0.3 is 6.03 Å². The third-order valence-corrected chi connectivity index (χ3v) is 2.95. The van der Waals surface area contributed by atoms with E-state index >= 15 is 0 Å². The smallest absolute Gasteiger partial charge is 0.307 e. The van der Waals surface area contributed by atoms with Gasteiger partial charge in [-0.1, -0.05) is 11.3 Å². The molecule has 0 saturated carbocycles. The quantitative estimate of drug-likeness (QED) is 0.929. The maximum absolute atomic E-state index is 12.7. The van der Waals surface area contributed by atoms with Gasteiger partial charge in [0, 0.05) is 12.2 Å². The zero-order chi connectivity index (χ0) is 13.0. The number of anilines is 2. The number of amides is 2. The van der Waals surface area contributed by atoms with Gasteiger partial charge in [0.2, 0.25) is 5.13 Å². The Kier molecular flexibility index (Phi) is 3.83. The van der Waals surface area contributed by atoms with Crippen molar-refractivity contribution in [3.63, 3.8) is 0 Å². The molecule has 0 atom stereocenters. The lowest BCUT2D eigenvalue weighted by atomic mass is 10.3. The molecule has 0 radical (unpaired) electrons. The number of urea groups is 1. The minimum atomic E-state index is -0.343. The molecule has 5 nitrogen and oxygen atoms in total. The van der Waals surface area contributed by atoms with Gasteiger partial charge in [0.05, 0.1) is 0 Å². The van der Waals surface area contributed by atoms with E-state index in [1.807, 2.05) is 6.92 Å². The Morgan fingerprint density at radius 3 is 2.72 bits per heavy atom. The van der Waals surface area contributed by atoms with Crippen LogP contribution in [0.15, 0.2) is 29.8 Å². The lowest BCUT2D eigenvalue weighted by molar-refractivity contribution is 0.257. The van der Waals surface area contributed by atoms with Crippen LogP contribution >= 0.6 is 11.3 Å². The summed E-state index contributed by atoms with van der Waals surface area (Å²) in [5.41, 5.74) is 2.09. The van der Waals surface area contributed by atoms with Crippen LogP contribution in [-0.2, 0) is 0 Å². The molecule has 1 aromatic heterocycles. The topological polar surface area (TPSA) is 58.1 Å². The van der Waals surface area contributed by atoms with Crippen LogP contribution in [0.4, 0.5) is 20.0 Å². The van der Waals surface area contributed by atoms with E-state index in [0.717, 1.165) is 0 Å². The number of halogens is 1. The van der Waals surface area contributed by atoms with Crippen molar-refractivity contribution in [2.24, 2.45) is 0 Å². The second kappa shape index (κ2) is 5.54. The highest BCUT2D eigenvalue weighted by molar-refractivity contribution is 7.13. The SMILES string of the molecule is CCN(C(=O)Nc1ccc(F)cc1)c1nncs1. The summed E-state index contributed by atoms with van der Waals surface area (Å²) in [4.78, 5) is 13.4. The summed E-state index contributed by atoms with van der Waals surface area (Å²) < 4.78 is 12.7. The molecule has 0 bridgehead atoms. The predicted molar refractivity (Wildman–Crippen MR) is 68.3 cm³/mol. The molecule has 0 unspecified atom stereocenters. The molecule has 0 fully saturated rings. The maximum Gasteiger partial charge on any atom is 0.328 e. The van der Waals surface area contributed by atoms with Gasteiger partial charge in [-0.2, -0.15) is 0 Å². The normalized spacial score (nSPS) is 10.1. The van der Waals surface area contributed by atoms with E-state index in [-0.39, 0.29) is 11.8 Å².